The Morgan fingerprint density at radius 1 is 1.57 bits per heavy atom. The van der Waals surface area contributed by atoms with Gasteiger partial charge in [0.25, 0.3) is 5.92 Å². The van der Waals surface area contributed by atoms with Crippen LogP contribution >= 0.6 is 0 Å². The van der Waals surface area contributed by atoms with Gasteiger partial charge in [-0.25, -0.2) is 8.78 Å². The Kier molecular flexibility index (Phi) is 3.38. The van der Waals surface area contributed by atoms with E-state index in [0.717, 1.165) is 0 Å². The first-order valence-electron chi connectivity index (χ1n) is 4.39. The highest BCUT2D eigenvalue weighted by molar-refractivity contribution is 5.66. The minimum Gasteiger partial charge on any atom is -0.481 e. The summed E-state index contributed by atoms with van der Waals surface area (Å²) in [6.45, 7) is -0.739. The molecule has 82 valence electrons. The van der Waals surface area contributed by atoms with E-state index in [4.69, 9.17) is 10.2 Å². The molecule has 0 unspecified atom stereocenters. The number of likely N-dealkylation sites (tertiary alicyclic amines) is 1. The van der Waals surface area contributed by atoms with Gasteiger partial charge in [0.1, 0.15) is 0 Å². The van der Waals surface area contributed by atoms with Gasteiger partial charge >= 0.3 is 5.97 Å². The van der Waals surface area contributed by atoms with Crippen molar-refractivity contribution >= 4 is 5.97 Å². The molecule has 0 saturated carbocycles. The topological polar surface area (TPSA) is 60.8 Å². The highest BCUT2D eigenvalue weighted by atomic mass is 19.3. The molecule has 0 bridgehead atoms. The average molecular weight is 209 g/mol. The summed E-state index contributed by atoms with van der Waals surface area (Å²) in [4.78, 5) is 11.6. The molecular formula is C8H13F2NO3. The van der Waals surface area contributed by atoms with Crippen molar-refractivity contribution in [2.75, 3.05) is 19.7 Å². The molecular weight excluding hydrogens is 196 g/mol. The quantitative estimate of drug-likeness (QED) is 0.692. The van der Waals surface area contributed by atoms with Crippen LogP contribution in [-0.4, -0.2) is 52.7 Å². The zero-order valence-corrected chi connectivity index (χ0v) is 7.62. The predicted molar refractivity (Wildman–Crippen MR) is 44.3 cm³/mol. The van der Waals surface area contributed by atoms with Crippen LogP contribution in [0.1, 0.15) is 12.8 Å². The van der Waals surface area contributed by atoms with Gasteiger partial charge in [-0.3, -0.25) is 9.69 Å². The van der Waals surface area contributed by atoms with E-state index in [-0.39, 0.29) is 26.0 Å². The number of aliphatic carboxylic acids is 1. The van der Waals surface area contributed by atoms with E-state index in [1.807, 2.05) is 0 Å². The zero-order valence-electron chi connectivity index (χ0n) is 7.62. The van der Waals surface area contributed by atoms with Crippen LogP contribution in [0.4, 0.5) is 8.78 Å². The molecule has 0 spiro atoms. The molecule has 0 aromatic rings. The summed E-state index contributed by atoms with van der Waals surface area (Å²) in [6.07, 6.45) is -0.560. The number of rotatable bonds is 4. The van der Waals surface area contributed by atoms with Crippen molar-refractivity contribution in [3.8, 4) is 0 Å². The summed E-state index contributed by atoms with van der Waals surface area (Å²) < 4.78 is 25.7. The van der Waals surface area contributed by atoms with E-state index in [2.05, 4.69) is 0 Å². The fraction of sp³-hybridized carbons (Fsp3) is 0.875. The third-order valence-corrected chi connectivity index (χ3v) is 2.31. The van der Waals surface area contributed by atoms with Gasteiger partial charge in [-0.15, -0.1) is 0 Å². The number of carboxylic acid groups (broad SMARTS) is 1. The molecule has 1 aliphatic rings. The fourth-order valence-electron chi connectivity index (χ4n) is 1.65. The van der Waals surface area contributed by atoms with Crippen LogP contribution in [0, 0.1) is 0 Å². The van der Waals surface area contributed by atoms with Gasteiger partial charge in [0.15, 0.2) is 0 Å². The van der Waals surface area contributed by atoms with E-state index in [0.29, 0.717) is 0 Å². The molecule has 14 heavy (non-hydrogen) atoms. The Hall–Kier alpha value is -0.750. The Bertz CT molecular complexity index is 223. The van der Waals surface area contributed by atoms with Crippen LogP contribution in [0.2, 0.25) is 0 Å². The third-order valence-electron chi connectivity index (χ3n) is 2.31. The summed E-state index contributed by atoms with van der Waals surface area (Å²) in [7, 11) is 0. The van der Waals surface area contributed by atoms with Crippen LogP contribution in [-0.2, 0) is 4.79 Å². The lowest BCUT2D eigenvalue weighted by atomic mass is 10.2. The molecule has 0 radical (unpaired) electrons. The van der Waals surface area contributed by atoms with Crippen molar-refractivity contribution < 1.29 is 23.8 Å². The van der Waals surface area contributed by atoms with Crippen molar-refractivity contribution in [1.29, 1.82) is 0 Å². The number of hydrogen-bond donors (Lipinski definition) is 2. The number of alkyl halides is 2. The number of aliphatic hydroxyl groups excluding tert-OH is 1. The smallest absolute Gasteiger partial charge is 0.304 e. The second kappa shape index (κ2) is 4.18. The zero-order chi connectivity index (χ0) is 10.8. The second-order valence-corrected chi connectivity index (χ2v) is 3.51. The first kappa shape index (κ1) is 11.3. The molecule has 1 heterocycles. The number of carboxylic acids is 1. The first-order valence-corrected chi connectivity index (χ1v) is 4.39. The molecule has 1 fully saturated rings. The fourth-order valence-corrected chi connectivity index (χ4v) is 1.65. The number of aliphatic hydroxyl groups is 1. The molecule has 0 aromatic carbocycles. The van der Waals surface area contributed by atoms with Crippen molar-refractivity contribution in [2.24, 2.45) is 0 Å². The maximum absolute atomic E-state index is 12.9. The number of hydrogen-bond acceptors (Lipinski definition) is 3. The monoisotopic (exact) mass is 209 g/mol. The van der Waals surface area contributed by atoms with Crippen molar-refractivity contribution in [2.45, 2.75) is 24.8 Å². The molecule has 1 atom stereocenters. The van der Waals surface area contributed by atoms with Gasteiger partial charge in [0.2, 0.25) is 0 Å². The Labute approximate surface area is 80.1 Å². The van der Waals surface area contributed by atoms with E-state index in [1.54, 1.807) is 0 Å². The van der Waals surface area contributed by atoms with Crippen LogP contribution < -0.4 is 0 Å². The van der Waals surface area contributed by atoms with Crippen molar-refractivity contribution in [1.82, 2.24) is 4.90 Å². The Morgan fingerprint density at radius 3 is 2.71 bits per heavy atom. The molecule has 0 aliphatic carbocycles. The summed E-state index contributed by atoms with van der Waals surface area (Å²) in [5.74, 6) is -3.82. The third kappa shape index (κ3) is 2.88. The minimum atomic E-state index is -2.80. The number of carbonyl (C=O) groups is 1. The molecule has 0 aromatic heterocycles. The molecule has 6 heteroatoms. The van der Waals surface area contributed by atoms with Gasteiger partial charge in [-0.1, -0.05) is 0 Å². The lowest BCUT2D eigenvalue weighted by molar-refractivity contribution is -0.137. The van der Waals surface area contributed by atoms with Crippen molar-refractivity contribution in [3.05, 3.63) is 0 Å². The summed E-state index contributed by atoms with van der Waals surface area (Å²) >= 11 is 0. The lowest BCUT2D eigenvalue weighted by Gasteiger charge is -2.20. The van der Waals surface area contributed by atoms with Crippen LogP contribution in [0.5, 0.6) is 0 Å². The van der Waals surface area contributed by atoms with Crippen molar-refractivity contribution in [3.63, 3.8) is 0 Å². The van der Waals surface area contributed by atoms with Gasteiger partial charge < -0.3 is 10.2 Å². The van der Waals surface area contributed by atoms with Gasteiger partial charge in [-0.05, 0) is 0 Å². The lowest BCUT2D eigenvalue weighted by Crippen LogP contribution is -2.34. The van der Waals surface area contributed by atoms with Gasteiger partial charge in [-0.2, -0.15) is 0 Å². The van der Waals surface area contributed by atoms with Crippen LogP contribution in [0.3, 0.4) is 0 Å². The summed E-state index contributed by atoms with van der Waals surface area (Å²) in [5, 5.41) is 17.2. The van der Waals surface area contributed by atoms with Crippen LogP contribution in [0.25, 0.3) is 0 Å². The second-order valence-electron chi connectivity index (χ2n) is 3.51. The van der Waals surface area contributed by atoms with E-state index >= 15 is 0 Å². The Balaban J connectivity index is 2.47. The Morgan fingerprint density at radius 2 is 2.21 bits per heavy atom. The SMILES string of the molecule is O=C(O)CCN1CC(F)(F)C[C@H]1CO. The molecule has 1 aliphatic heterocycles. The molecule has 2 N–H and O–H groups in total. The average Bonchev–Trinajstić information content (AvgIpc) is 2.37. The standard InChI is InChI=1S/C8H13F2NO3/c9-8(10)3-6(4-12)11(5-8)2-1-7(13)14/h6,12H,1-5H2,(H,13,14)/t6-/m0/s1. The minimum absolute atomic E-state index is 0.0656. The largest absolute Gasteiger partial charge is 0.481 e. The highest BCUT2D eigenvalue weighted by Crippen LogP contribution is 2.31. The highest BCUT2D eigenvalue weighted by Gasteiger charge is 2.44. The summed E-state index contributed by atoms with van der Waals surface area (Å²) in [5.41, 5.74) is 0. The van der Waals surface area contributed by atoms with Gasteiger partial charge in [0, 0.05) is 19.0 Å². The van der Waals surface area contributed by atoms with Crippen LogP contribution in [0.15, 0.2) is 0 Å². The van der Waals surface area contributed by atoms with E-state index < -0.39 is 24.5 Å². The normalized spacial score (nSPS) is 26.6. The summed E-state index contributed by atoms with van der Waals surface area (Å²) in [6, 6.07) is -0.607. The molecule has 1 rings (SSSR count). The molecule has 0 amide bonds. The number of halogens is 2. The first-order chi connectivity index (χ1) is 6.44. The molecule has 1 saturated heterocycles. The maximum atomic E-state index is 12.9. The van der Waals surface area contributed by atoms with E-state index in [9.17, 15) is 13.6 Å². The number of nitrogens with zero attached hydrogens (tertiary/aromatic N) is 1. The molecule has 4 nitrogen and oxygen atoms in total. The maximum Gasteiger partial charge on any atom is 0.304 e. The van der Waals surface area contributed by atoms with E-state index in [1.165, 1.54) is 4.90 Å². The predicted octanol–water partition coefficient (Wildman–Crippen LogP) is 0.163. The van der Waals surface area contributed by atoms with Gasteiger partial charge in [0.05, 0.1) is 19.6 Å².